The molecule has 0 radical (unpaired) electrons. The molecule has 90 valence electrons. The van der Waals surface area contributed by atoms with Gasteiger partial charge < -0.3 is 9.47 Å². The molecular weight excluding hydrogens is 188 g/mol. The Hall–Kier alpha value is -0.0800. The van der Waals surface area contributed by atoms with Crippen molar-refractivity contribution in [2.75, 3.05) is 13.2 Å². The number of rotatable bonds is 9. The van der Waals surface area contributed by atoms with Gasteiger partial charge in [0.1, 0.15) is 6.10 Å². The molecule has 3 unspecified atom stereocenters. The fourth-order valence-corrected chi connectivity index (χ4v) is 2.10. The largest absolute Gasteiger partial charge is 0.375 e. The summed E-state index contributed by atoms with van der Waals surface area (Å²) in [6, 6.07) is 0. The third-order valence-electron chi connectivity index (χ3n) is 3.28. The zero-order valence-corrected chi connectivity index (χ0v) is 10.5. The summed E-state index contributed by atoms with van der Waals surface area (Å²) >= 11 is 0. The second-order valence-electron chi connectivity index (χ2n) is 4.55. The highest BCUT2D eigenvalue weighted by atomic mass is 16.6. The Morgan fingerprint density at radius 3 is 2.47 bits per heavy atom. The van der Waals surface area contributed by atoms with Crippen LogP contribution in [0.4, 0.5) is 0 Å². The van der Waals surface area contributed by atoms with Gasteiger partial charge in [-0.1, -0.05) is 40.0 Å². The second kappa shape index (κ2) is 7.24. The second-order valence-corrected chi connectivity index (χ2v) is 4.55. The van der Waals surface area contributed by atoms with Crippen LogP contribution >= 0.6 is 0 Å². The van der Waals surface area contributed by atoms with Crippen LogP contribution in [-0.4, -0.2) is 25.4 Å². The predicted octanol–water partition coefficient (Wildman–Crippen LogP) is 3.40. The highest BCUT2D eigenvalue weighted by Gasteiger charge is 2.26. The topological polar surface area (TPSA) is 21.8 Å². The van der Waals surface area contributed by atoms with Crippen LogP contribution in [0.15, 0.2) is 0 Å². The Balaban J connectivity index is 2.23. The summed E-state index contributed by atoms with van der Waals surface area (Å²) in [5.74, 6) is 0.744. The van der Waals surface area contributed by atoms with Gasteiger partial charge in [0, 0.05) is 0 Å². The van der Waals surface area contributed by atoms with Crippen molar-refractivity contribution < 1.29 is 9.47 Å². The molecule has 1 aliphatic rings. The molecule has 0 saturated carbocycles. The van der Waals surface area contributed by atoms with Gasteiger partial charge in [-0.15, -0.1) is 0 Å². The van der Waals surface area contributed by atoms with E-state index in [9.17, 15) is 0 Å². The molecule has 1 saturated heterocycles. The highest BCUT2D eigenvalue weighted by Crippen LogP contribution is 2.23. The van der Waals surface area contributed by atoms with Gasteiger partial charge in [0.25, 0.3) is 0 Å². The maximum absolute atomic E-state index is 5.94. The maximum atomic E-state index is 5.94. The van der Waals surface area contributed by atoms with E-state index in [0.717, 1.165) is 25.6 Å². The maximum Gasteiger partial charge on any atom is 0.104 e. The van der Waals surface area contributed by atoms with Crippen LogP contribution in [0.5, 0.6) is 0 Å². The third kappa shape index (κ3) is 4.98. The molecule has 0 spiro atoms. The molecule has 3 atom stereocenters. The van der Waals surface area contributed by atoms with Gasteiger partial charge >= 0.3 is 0 Å². The highest BCUT2D eigenvalue weighted by molar-refractivity contribution is 4.72. The van der Waals surface area contributed by atoms with E-state index in [1.54, 1.807) is 0 Å². The van der Waals surface area contributed by atoms with Crippen LogP contribution < -0.4 is 0 Å². The zero-order valence-electron chi connectivity index (χ0n) is 10.5. The molecule has 0 amide bonds. The first-order chi connectivity index (χ1) is 7.31. The number of epoxide rings is 1. The lowest BCUT2D eigenvalue weighted by molar-refractivity contribution is -0.00208. The molecule has 1 aliphatic heterocycles. The molecule has 15 heavy (non-hydrogen) atoms. The van der Waals surface area contributed by atoms with Gasteiger partial charge in [0.15, 0.2) is 0 Å². The minimum Gasteiger partial charge on any atom is -0.375 e. The summed E-state index contributed by atoms with van der Waals surface area (Å²) in [5, 5.41) is 0. The summed E-state index contributed by atoms with van der Waals surface area (Å²) in [6.45, 7) is 8.48. The number of unbranched alkanes of at least 4 members (excludes halogenated alkanes) is 1. The van der Waals surface area contributed by atoms with Crippen molar-refractivity contribution >= 4 is 0 Å². The molecule has 0 aliphatic carbocycles. The van der Waals surface area contributed by atoms with Crippen LogP contribution in [0.1, 0.15) is 52.9 Å². The van der Waals surface area contributed by atoms with Crippen LogP contribution in [-0.2, 0) is 9.47 Å². The Morgan fingerprint density at radius 1 is 1.27 bits per heavy atom. The van der Waals surface area contributed by atoms with Gasteiger partial charge in [-0.25, -0.2) is 0 Å². The Morgan fingerprint density at radius 2 is 2.00 bits per heavy atom. The van der Waals surface area contributed by atoms with E-state index in [4.69, 9.17) is 9.47 Å². The molecule has 1 rings (SSSR count). The van der Waals surface area contributed by atoms with Crippen molar-refractivity contribution in [1.82, 2.24) is 0 Å². The van der Waals surface area contributed by atoms with Gasteiger partial charge in [0.05, 0.1) is 19.3 Å². The van der Waals surface area contributed by atoms with Crippen LogP contribution in [0, 0.1) is 5.92 Å². The fourth-order valence-electron chi connectivity index (χ4n) is 2.10. The standard InChI is InChI=1S/C13H26O2/c1-4-7-8-11(5-2)13(6-3)15-10-12-9-14-12/h11-13H,4-10H2,1-3H3. The molecule has 0 N–H and O–H groups in total. The third-order valence-corrected chi connectivity index (χ3v) is 3.28. The smallest absolute Gasteiger partial charge is 0.104 e. The van der Waals surface area contributed by atoms with Gasteiger partial charge in [0.2, 0.25) is 0 Å². The lowest BCUT2D eigenvalue weighted by atomic mass is 9.92. The monoisotopic (exact) mass is 214 g/mol. The minimum atomic E-state index is 0.405. The van der Waals surface area contributed by atoms with Crippen molar-refractivity contribution in [3.8, 4) is 0 Å². The van der Waals surface area contributed by atoms with Crippen LogP contribution in [0.3, 0.4) is 0 Å². The molecule has 0 bridgehead atoms. The van der Waals surface area contributed by atoms with E-state index < -0.39 is 0 Å². The van der Waals surface area contributed by atoms with Crippen LogP contribution in [0.2, 0.25) is 0 Å². The van der Waals surface area contributed by atoms with Gasteiger partial charge in [-0.3, -0.25) is 0 Å². The van der Waals surface area contributed by atoms with E-state index >= 15 is 0 Å². The number of hydrogen-bond donors (Lipinski definition) is 0. The normalized spacial score (nSPS) is 23.8. The van der Waals surface area contributed by atoms with E-state index in [-0.39, 0.29) is 0 Å². The first-order valence-corrected chi connectivity index (χ1v) is 6.54. The lowest BCUT2D eigenvalue weighted by Crippen LogP contribution is -2.25. The Labute approximate surface area is 94.3 Å². The van der Waals surface area contributed by atoms with Crippen molar-refractivity contribution in [3.63, 3.8) is 0 Å². The zero-order chi connectivity index (χ0) is 11.1. The van der Waals surface area contributed by atoms with Crippen molar-refractivity contribution in [2.45, 2.75) is 65.1 Å². The first-order valence-electron chi connectivity index (χ1n) is 6.54. The summed E-state index contributed by atoms with van der Waals surface area (Å²) in [6.07, 6.45) is 7.17. The average molecular weight is 214 g/mol. The van der Waals surface area contributed by atoms with Gasteiger partial charge in [-0.05, 0) is 18.8 Å². The summed E-state index contributed by atoms with van der Waals surface area (Å²) in [7, 11) is 0. The summed E-state index contributed by atoms with van der Waals surface area (Å²) < 4.78 is 11.1. The Bertz CT molecular complexity index is 155. The molecular formula is C13H26O2. The predicted molar refractivity (Wildman–Crippen MR) is 63.1 cm³/mol. The van der Waals surface area contributed by atoms with Gasteiger partial charge in [-0.2, -0.15) is 0 Å². The molecule has 1 fully saturated rings. The van der Waals surface area contributed by atoms with E-state index in [2.05, 4.69) is 20.8 Å². The minimum absolute atomic E-state index is 0.405. The first kappa shape index (κ1) is 13.0. The molecule has 2 nitrogen and oxygen atoms in total. The lowest BCUT2D eigenvalue weighted by Gasteiger charge is -2.25. The van der Waals surface area contributed by atoms with Crippen molar-refractivity contribution in [1.29, 1.82) is 0 Å². The average Bonchev–Trinajstić information content (AvgIpc) is 3.06. The number of ether oxygens (including phenoxy) is 2. The number of hydrogen-bond acceptors (Lipinski definition) is 2. The Kier molecular flexibility index (Phi) is 6.26. The van der Waals surface area contributed by atoms with E-state index in [1.165, 1.54) is 25.7 Å². The summed E-state index contributed by atoms with van der Waals surface area (Å²) in [5.41, 5.74) is 0. The molecule has 0 aromatic rings. The van der Waals surface area contributed by atoms with Crippen molar-refractivity contribution in [3.05, 3.63) is 0 Å². The molecule has 1 heterocycles. The van der Waals surface area contributed by atoms with Crippen LogP contribution in [0.25, 0.3) is 0 Å². The summed E-state index contributed by atoms with van der Waals surface area (Å²) in [4.78, 5) is 0. The van der Waals surface area contributed by atoms with E-state index in [1.807, 2.05) is 0 Å². The quantitative estimate of drug-likeness (QED) is 0.549. The SMILES string of the molecule is CCCCC(CC)C(CC)OCC1CO1. The fraction of sp³-hybridized carbons (Fsp3) is 1.00. The molecule has 0 aromatic carbocycles. The van der Waals surface area contributed by atoms with E-state index in [0.29, 0.717) is 12.2 Å². The molecule has 2 heteroatoms. The van der Waals surface area contributed by atoms with Crippen molar-refractivity contribution in [2.24, 2.45) is 5.92 Å². The molecule has 0 aromatic heterocycles.